The number of aromatic hydroxyl groups is 1. The first kappa shape index (κ1) is 20.9. The van der Waals surface area contributed by atoms with E-state index in [1.807, 2.05) is 60.7 Å². The zero-order valence-electron chi connectivity index (χ0n) is 16.6. The normalized spacial score (nSPS) is 10.9. The Labute approximate surface area is 187 Å². The Morgan fingerprint density at radius 3 is 2.52 bits per heavy atom. The fourth-order valence-corrected chi connectivity index (χ4v) is 5.05. The highest BCUT2D eigenvalue weighted by atomic mass is 35.5. The summed E-state index contributed by atoms with van der Waals surface area (Å²) in [4.78, 5) is 26.5. The van der Waals surface area contributed by atoms with Crippen molar-refractivity contribution in [3.05, 3.63) is 97.1 Å². The summed E-state index contributed by atoms with van der Waals surface area (Å²) in [7, 11) is 0. The van der Waals surface area contributed by atoms with E-state index in [-0.39, 0.29) is 28.1 Å². The lowest BCUT2D eigenvalue weighted by Crippen LogP contribution is -2.27. The third-order valence-corrected chi connectivity index (χ3v) is 6.91. The summed E-state index contributed by atoms with van der Waals surface area (Å²) < 4.78 is 1.93. The van der Waals surface area contributed by atoms with E-state index in [0.717, 1.165) is 20.2 Å². The van der Waals surface area contributed by atoms with Crippen LogP contribution in [0.15, 0.2) is 59.4 Å². The molecule has 4 rings (SSSR count). The summed E-state index contributed by atoms with van der Waals surface area (Å²) in [5, 5.41) is 21.5. The van der Waals surface area contributed by atoms with Gasteiger partial charge in [0, 0.05) is 16.6 Å². The molecule has 0 saturated carbocycles. The minimum absolute atomic E-state index is 0.0716. The van der Waals surface area contributed by atoms with Crippen molar-refractivity contribution in [3.63, 3.8) is 0 Å². The van der Waals surface area contributed by atoms with Gasteiger partial charge in [-0.2, -0.15) is 5.26 Å². The number of hydrogen-bond donors (Lipinski definition) is 1. The first-order valence-electron chi connectivity index (χ1n) is 9.56. The highest BCUT2D eigenvalue weighted by Gasteiger charge is 2.28. The average Bonchev–Trinajstić information content (AvgIpc) is 3.11. The van der Waals surface area contributed by atoms with Crippen LogP contribution in [-0.2, 0) is 13.0 Å². The van der Waals surface area contributed by atoms with Crippen LogP contribution >= 0.6 is 22.9 Å². The maximum Gasteiger partial charge on any atom is 0.271 e. The number of carbonyl (C=O) groups excluding carboxylic acids is 1. The zero-order valence-corrected chi connectivity index (χ0v) is 18.1. The van der Waals surface area contributed by atoms with Crippen LogP contribution in [0.4, 0.5) is 0 Å². The van der Waals surface area contributed by atoms with Gasteiger partial charge in [-0.1, -0.05) is 60.1 Å². The predicted octanol–water partition coefficient (Wildman–Crippen LogP) is 5.08. The summed E-state index contributed by atoms with van der Waals surface area (Å²) in [6, 6.07) is 18.7. The summed E-state index contributed by atoms with van der Waals surface area (Å²) in [6.45, 7) is 1.62. The summed E-state index contributed by atoms with van der Waals surface area (Å²) in [5.41, 5.74) is 0.268. The van der Waals surface area contributed by atoms with Crippen LogP contribution in [0.3, 0.4) is 0 Å². The smallest absolute Gasteiger partial charge is 0.271 e. The summed E-state index contributed by atoms with van der Waals surface area (Å²) in [5.74, 6) is -0.956. The van der Waals surface area contributed by atoms with Crippen LogP contribution in [-0.4, -0.2) is 15.5 Å². The lowest BCUT2D eigenvalue weighted by Gasteiger charge is -2.15. The van der Waals surface area contributed by atoms with Crippen molar-refractivity contribution in [1.29, 1.82) is 5.26 Å². The van der Waals surface area contributed by atoms with Gasteiger partial charge in [-0.05, 0) is 30.5 Å². The monoisotopic (exact) mass is 448 g/mol. The third-order valence-electron chi connectivity index (χ3n) is 5.24. The second-order valence-electron chi connectivity index (χ2n) is 7.07. The molecule has 0 unspecified atom stereocenters. The number of halogens is 1. The number of aryl methyl sites for hydroxylation is 1. The molecule has 0 aliphatic carbocycles. The van der Waals surface area contributed by atoms with E-state index in [9.17, 15) is 20.0 Å². The van der Waals surface area contributed by atoms with E-state index in [0.29, 0.717) is 11.4 Å². The second-order valence-corrected chi connectivity index (χ2v) is 8.50. The molecule has 5 nitrogen and oxygen atoms in total. The third kappa shape index (κ3) is 3.63. The van der Waals surface area contributed by atoms with Crippen LogP contribution in [0, 0.1) is 18.3 Å². The molecule has 31 heavy (non-hydrogen) atoms. The first-order valence-corrected chi connectivity index (χ1v) is 10.8. The average molecular weight is 449 g/mol. The van der Waals surface area contributed by atoms with Crippen LogP contribution in [0.1, 0.15) is 31.9 Å². The van der Waals surface area contributed by atoms with Crippen LogP contribution in [0.5, 0.6) is 5.88 Å². The molecule has 0 saturated heterocycles. The maximum atomic E-state index is 13.4. The number of pyridine rings is 1. The van der Waals surface area contributed by atoms with E-state index in [1.165, 1.54) is 18.3 Å². The Kier molecular flexibility index (Phi) is 5.64. The molecule has 2 aromatic carbocycles. The number of thiophene rings is 1. The summed E-state index contributed by atoms with van der Waals surface area (Å²) in [6.07, 6.45) is 0.458. The maximum absolute atomic E-state index is 13.4. The Balaban J connectivity index is 1.85. The molecule has 0 spiro atoms. The number of ketones is 1. The summed E-state index contributed by atoms with van der Waals surface area (Å²) >= 11 is 7.68. The van der Waals surface area contributed by atoms with Crippen molar-refractivity contribution in [2.45, 2.75) is 19.9 Å². The molecule has 154 valence electrons. The molecular weight excluding hydrogens is 432 g/mol. The SMILES string of the molecule is Cc1c(C(=O)c2sc3ccccc3c2Cl)c(O)n(CCc2ccccc2)c(=O)c1C#N. The van der Waals surface area contributed by atoms with E-state index >= 15 is 0 Å². The van der Waals surface area contributed by atoms with Crippen molar-refractivity contribution in [1.82, 2.24) is 4.57 Å². The minimum Gasteiger partial charge on any atom is -0.494 e. The van der Waals surface area contributed by atoms with Gasteiger partial charge in [0.1, 0.15) is 11.6 Å². The lowest BCUT2D eigenvalue weighted by molar-refractivity contribution is 0.103. The van der Waals surface area contributed by atoms with Crippen molar-refractivity contribution in [2.75, 3.05) is 0 Å². The lowest BCUT2D eigenvalue weighted by atomic mass is 10.0. The number of benzene rings is 2. The fourth-order valence-electron chi connectivity index (χ4n) is 3.59. The van der Waals surface area contributed by atoms with Crippen LogP contribution in [0.2, 0.25) is 5.02 Å². The van der Waals surface area contributed by atoms with E-state index < -0.39 is 17.2 Å². The van der Waals surface area contributed by atoms with E-state index in [2.05, 4.69) is 0 Å². The van der Waals surface area contributed by atoms with Gasteiger partial charge in [0.25, 0.3) is 5.56 Å². The number of fused-ring (bicyclic) bond motifs is 1. The largest absolute Gasteiger partial charge is 0.494 e. The number of nitriles is 1. The Morgan fingerprint density at radius 2 is 1.84 bits per heavy atom. The van der Waals surface area contributed by atoms with Crippen LogP contribution in [0.25, 0.3) is 10.1 Å². The molecule has 0 atom stereocenters. The molecule has 2 aromatic heterocycles. The van der Waals surface area contributed by atoms with Gasteiger partial charge >= 0.3 is 0 Å². The number of carbonyl (C=O) groups is 1. The molecule has 2 heterocycles. The number of nitrogens with zero attached hydrogens (tertiary/aromatic N) is 2. The Hall–Kier alpha value is -3.40. The number of hydrogen-bond acceptors (Lipinski definition) is 5. The molecule has 1 N–H and O–H groups in total. The first-order chi connectivity index (χ1) is 14.9. The van der Waals surface area contributed by atoms with Gasteiger partial charge in [0.15, 0.2) is 0 Å². The van der Waals surface area contributed by atoms with Gasteiger partial charge in [-0.15, -0.1) is 11.3 Å². The van der Waals surface area contributed by atoms with Gasteiger partial charge in [0.2, 0.25) is 11.7 Å². The quantitative estimate of drug-likeness (QED) is 0.432. The van der Waals surface area contributed by atoms with Crippen LogP contribution < -0.4 is 5.56 Å². The Morgan fingerprint density at radius 1 is 1.16 bits per heavy atom. The number of aromatic nitrogens is 1. The molecule has 0 bridgehead atoms. The predicted molar refractivity (Wildman–Crippen MR) is 122 cm³/mol. The van der Waals surface area contributed by atoms with Crippen molar-refractivity contribution >= 4 is 38.8 Å². The highest BCUT2D eigenvalue weighted by Crippen LogP contribution is 2.38. The molecule has 0 radical (unpaired) electrons. The number of rotatable bonds is 5. The van der Waals surface area contributed by atoms with Crippen molar-refractivity contribution in [2.24, 2.45) is 0 Å². The molecule has 0 fully saturated rings. The molecule has 7 heteroatoms. The minimum atomic E-state index is -0.618. The molecule has 0 aliphatic rings. The zero-order chi connectivity index (χ0) is 22.1. The van der Waals surface area contributed by atoms with Gasteiger partial charge in [-0.3, -0.25) is 14.2 Å². The topological polar surface area (TPSA) is 83.1 Å². The molecule has 4 aromatic rings. The van der Waals surface area contributed by atoms with Crippen molar-refractivity contribution < 1.29 is 9.90 Å². The molecule has 0 amide bonds. The van der Waals surface area contributed by atoms with Gasteiger partial charge in [-0.25, -0.2) is 0 Å². The molecule has 0 aliphatic heterocycles. The highest BCUT2D eigenvalue weighted by molar-refractivity contribution is 7.21. The van der Waals surface area contributed by atoms with E-state index in [4.69, 9.17) is 11.6 Å². The van der Waals surface area contributed by atoms with E-state index in [1.54, 1.807) is 0 Å². The molecular formula is C24H17ClN2O3S. The van der Waals surface area contributed by atoms with Crippen molar-refractivity contribution in [3.8, 4) is 11.9 Å². The van der Waals surface area contributed by atoms with Gasteiger partial charge < -0.3 is 5.11 Å². The Bertz CT molecular complexity index is 1420. The fraction of sp³-hybridized carbons (Fsp3) is 0.125. The van der Waals surface area contributed by atoms with Gasteiger partial charge in [0.05, 0.1) is 15.5 Å². The second kappa shape index (κ2) is 8.38. The standard InChI is InChI=1S/C24H17ClN2O3S/c1-14-17(13-26)23(29)27(12-11-15-7-3-2-4-8-15)24(30)19(14)21(28)22-20(25)16-9-5-6-10-18(16)31-22/h2-10,30H,11-12H2,1H3.